The molecule has 1 N–H and O–H groups in total. The van der Waals surface area contributed by atoms with Gasteiger partial charge in [-0.1, -0.05) is 0 Å². The number of rotatable bonds is 5. The third-order valence-corrected chi connectivity index (χ3v) is 5.66. The van der Waals surface area contributed by atoms with E-state index in [0.717, 1.165) is 48.5 Å². The molecule has 30 heavy (non-hydrogen) atoms. The number of nitrogens with one attached hydrogen (secondary N) is 1. The van der Waals surface area contributed by atoms with Gasteiger partial charge in [0.2, 0.25) is 0 Å². The number of anilines is 2. The van der Waals surface area contributed by atoms with Crippen molar-refractivity contribution in [2.24, 2.45) is 0 Å². The van der Waals surface area contributed by atoms with E-state index in [1.165, 1.54) is 0 Å². The second kappa shape index (κ2) is 7.68. The van der Waals surface area contributed by atoms with Crippen molar-refractivity contribution < 1.29 is 9.53 Å². The molecule has 2 fully saturated rings. The summed E-state index contributed by atoms with van der Waals surface area (Å²) in [6, 6.07) is 5.85. The maximum atomic E-state index is 13.4. The molecule has 1 aliphatic heterocycles. The summed E-state index contributed by atoms with van der Waals surface area (Å²) in [5, 5.41) is 8.37. The van der Waals surface area contributed by atoms with E-state index in [9.17, 15) is 4.79 Å². The highest BCUT2D eigenvalue weighted by molar-refractivity contribution is 6.12. The normalized spacial score (nSPS) is 17.0. The van der Waals surface area contributed by atoms with Gasteiger partial charge in [-0.25, -0.2) is 14.6 Å². The lowest BCUT2D eigenvalue weighted by Gasteiger charge is -2.29. The molecule has 0 aromatic carbocycles. The molecule has 2 aliphatic rings. The number of nitrogens with zero attached hydrogens (tertiary/aromatic N) is 5. The molecular formula is C22H26N6O2. The molecule has 3 aromatic heterocycles. The highest BCUT2D eigenvalue weighted by atomic mass is 16.5. The topological polar surface area (TPSA) is 85.2 Å². The number of fused-ring (bicyclic) bond motifs is 1. The van der Waals surface area contributed by atoms with E-state index in [1.807, 2.05) is 22.9 Å². The molecule has 0 spiro atoms. The highest BCUT2D eigenvalue weighted by Gasteiger charge is 2.28. The maximum Gasteiger partial charge on any atom is 0.256 e. The van der Waals surface area contributed by atoms with Crippen LogP contribution < -0.4 is 10.2 Å². The highest BCUT2D eigenvalue weighted by Crippen LogP contribution is 2.40. The van der Waals surface area contributed by atoms with Gasteiger partial charge in [-0.3, -0.25) is 4.79 Å². The van der Waals surface area contributed by atoms with Gasteiger partial charge >= 0.3 is 0 Å². The van der Waals surface area contributed by atoms with Gasteiger partial charge in [-0.2, -0.15) is 5.10 Å². The van der Waals surface area contributed by atoms with Crippen LogP contribution in [0.4, 0.5) is 11.5 Å². The summed E-state index contributed by atoms with van der Waals surface area (Å²) in [6.07, 6.45) is 5.75. The third kappa shape index (κ3) is 3.52. The lowest BCUT2D eigenvalue weighted by Crippen LogP contribution is -2.37. The molecule has 4 heterocycles. The Bertz CT molecular complexity index is 1080. The van der Waals surface area contributed by atoms with Crippen LogP contribution in [0.5, 0.6) is 0 Å². The molecule has 1 aliphatic carbocycles. The van der Waals surface area contributed by atoms with E-state index in [2.05, 4.69) is 34.1 Å². The molecule has 0 unspecified atom stereocenters. The summed E-state index contributed by atoms with van der Waals surface area (Å²) in [5.41, 5.74) is 3.08. The van der Waals surface area contributed by atoms with Crippen LogP contribution in [0.1, 0.15) is 54.7 Å². The monoisotopic (exact) mass is 406 g/mol. The molecule has 1 amide bonds. The molecule has 8 heteroatoms. The van der Waals surface area contributed by atoms with Crippen molar-refractivity contribution in [2.75, 3.05) is 36.5 Å². The Morgan fingerprint density at radius 3 is 2.80 bits per heavy atom. The number of hydrogen-bond donors (Lipinski definition) is 1. The van der Waals surface area contributed by atoms with Crippen LogP contribution in [0, 0.1) is 0 Å². The van der Waals surface area contributed by atoms with Crippen molar-refractivity contribution in [3.05, 3.63) is 41.9 Å². The van der Waals surface area contributed by atoms with Gasteiger partial charge in [-0.05, 0) is 44.9 Å². The summed E-state index contributed by atoms with van der Waals surface area (Å²) in [7, 11) is 0. The van der Waals surface area contributed by atoms with Crippen molar-refractivity contribution in [3.8, 4) is 0 Å². The molecule has 156 valence electrons. The minimum absolute atomic E-state index is 0.157. The molecule has 8 nitrogen and oxygen atoms in total. The number of pyridine rings is 2. The maximum absolute atomic E-state index is 13.4. The Hall–Kier alpha value is -3.00. The van der Waals surface area contributed by atoms with Crippen molar-refractivity contribution in [1.82, 2.24) is 19.7 Å². The fraction of sp³-hybridized carbons (Fsp3) is 0.455. The number of amides is 1. The Balaban J connectivity index is 1.51. The Kier molecular flexibility index (Phi) is 4.86. The van der Waals surface area contributed by atoms with Gasteiger partial charge in [0.15, 0.2) is 11.5 Å². The quantitative estimate of drug-likeness (QED) is 0.699. The number of carbonyl (C=O) groups is 1. The first kappa shape index (κ1) is 19.0. The molecule has 1 saturated heterocycles. The predicted octanol–water partition coefficient (Wildman–Crippen LogP) is 3.37. The van der Waals surface area contributed by atoms with Crippen molar-refractivity contribution in [1.29, 1.82) is 0 Å². The SMILES string of the molecule is CC(C)n1ncc2c(C(=O)Nc3cccnc3N3CCOCC3)cc(C3CC3)nc21. The summed E-state index contributed by atoms with van der Waals surface area (Å²) in [5.74, 6) is 1.06. The van der Waals surface area contributed by atoms with Crippen molar-refractivity contribution >= 4 is 28.4 Å². The molecule has 0 radical (unpaired) electrons. The third-order valence-electron chi connectivity index (χ3n) is 5.66. The van der Waals surface area contributed by atoms with Crippen LogP contribution in [0.3, 0.4) is 0 Å². The fourth-order valence-corrected chi connectivity index (χ4v) is 3.90. The minimum Gasteiger partial charge on any atom is -0.378 e. The molecule has 3 aromatic rings. The van der Waals surface area contributed by atoms with E-state index >= 15 is 0 Å². The van der Waals surface area contributed by atoms with E-state index in [4.69, 9.17) is 9.72 Å². The zero-order valence-electron chi connectivity index (χ0n) is 17.3. The Morgan fingerprint density at radius 2 is 2.07 bits per heavy atom. The van der Waals surface area contributed by atoms with E-state index < -0.39 is 0 Å². The van der Waals surface area contributed by atoms with Gasteiger partial charge in [0.1, 0.15) is 0 Å². The largest absolute Gasteiger partial charge is 0.378 e. The predicted molar refractivity (Wildman–Crippen MR) is 115 cm³/mol. The van der Waals surface area contributed by atoms with Crippen LogP contribution in [0.2, 0.25) is 0 Å². The van der Waals surface area contributed by atoms with Gasteiger partial charge in [0.25, 0.3) is 5.91 Å². The van der Waals surface area contributed by atoms with E-state index in [0.29, 0.717) is 30.4 Å². The zero-order chi connectivity index (χ0) is 20.7. The molecule has 0 atom stereocenters. The lowest BCUT2D eigenvalue weighted by atomic mass is 10.1. The minimum atomic E-state index is -0.157. The van der Waals surface area contributed by atoms with Crippen LogP contribution >= 0.6 is 0 Å². The number of ether oxygens (including phenoxy) is 1. The van der Waals surface area contributed by atoms with Gasteiger partial charge in [-0.15, -0.1) is 0 Å². The second-order valence-corrected chi connectivity index (χ2v) is 8.22. The average molecular weight is 406 g/mol. The number of hydrogen-bond acceptors (Lipinski definition) is 6. The second-order valence-electron chi connectivity index (χ2n) is 8.22. The smallest absolute Gasteiger partial charge is 0.256 e. The summed E-state index contributed by atoms with van der Waals surface area (Å²) in [6.45, 7) is 6.98. The number of morpholine rings is 1. The van der Waals surface area contributed by atoms with Crippen LogP contribution in [0.15, 0.2) is 30.6 Å². The van der Waals surface area contributed by atoms with Gasteiger partial charge in [0, 0.05) is 36.9 Å². The lowest BCUT2D eigenvalue weighted by molar-refractivity contribution is 0.102. The Labute approximate surface area is 175 Å². The van der Waals surface area contributed by atoms with Crippen LogP contribution in [-0.2, 0) is 4.74 Å². The first-order valence-corrected chi connectivity index (χ1v) is 10.6. The molecule has 5 rings (SSSR count). The zero-order valence-corrected chi connectivity index (χ0v) is 17.3. The van der Waals surface area contributed by atoms with E-state index in [1.54, 1.807) is 12.4 Å². The number of aromatic nitrogens is 4. The van der Waals surface area contributed by atoms with Crippen LogP contribution in [0.25, 0.3) is 11.0 Å². The first-order valence-electron chi connectivity index (χ1n) is 10.6. The molecule has 1 saturated carbocycles. The van der Waals surface area contributed by atoms with E-state index in [-0.39, 0.29) is 11.9 Å². The summed E-state index contributed by atoms with van der Waals surface area (Å²) >= 11 is 0. The molecule has 0 bridgehead atoms. The fourth-order valence-electron chi connectivity index (χ4n) is 3.90. The van der Waals surface area contributed by atoms with Crippen LogP contribution in [-0.4, -0.2) is 52.0 Å². The van der Waals surface area contributed by atoms with Gasteiger partial charge in [0.05, 0.1) is 36.0 Å². The summed E-state index contributed by atoms with van der Waals surface area (Å²) in [4.78, 5) is 24.9. The van der Waals surface area contributed by atoms with Gasteiger partial charge < -0.3 is 15.0 Å². The average Bonchev–Trinajstić information content (AvgIpc) is 3.52. The van der Waals surface area contributed by atoms with Crippen molar-refractivity contribution in [3.63, 3.8) is 0 Å². The first-order chi connectivity index (χ1) is 14.6. The summed E-state index contributed by atoms with van der Waals surface area (Å²) < 4.78 is 7.34. The number of carbonyl (C=O) groups excluding carboxylic acids is 1. The Morgan fingerprint density at radius 1 is 1.27 bits per heavy atom. The molecular weight excluding hydrogens is 380 g/mol. The van der Waals surface area contributed by atoms with Crippen molar-refractivity contribution in [2.45, 2.75) is 38.6 Å². The standard InChI is InChI=1S/C22H26N6O2/c1-14(2)28-20-17(13-24-28)16(12-19(25-20)15-5-6-15)22(29)26-18-4-3-7-23-21(18)27-8-10-30-11-9-27/h3-4,7,12-15H,5-6,8-11H2,1-2H3,(H,26,29).